The molecule has 0 aliphatic heterocycles. The molecule has 0 saturated heterocycles. The second kappa shape index (κ2) is 19.6. The van der Waals surface area contributed by atoms with Gasteiger partial charge in [0.2, 0.25) is 0 Å². The van der Waals surface area contributed by atoms with Crippen LogP contribution in [0.4, 0.5) is 9.59 Å². The molecular formula is C25H52N2O8. The van der Waals surface area contributed by atoms with Crippen molar-refractivity contribution in [3.8, 4) is 0 Å². The van der Waals surface area contributed by atoms with Gasteiger partial charge in [0.25, 0.3) is 0 Å². The Labute approximate surface area is 213 Å². The van der Waals surface area contributed by atoms with Gasteiger partial charge >= 0.3 is 12.2 Å². The van der Waals surface area contributed by atoms with Crippen molar-refractivity contribution in [3.63, 3.8) is 0 Å². The molecule has 10 heteroatoms. The van der Waals surface area contributed by atoms with E-state index in [1.54, 1.807) is 7.05 Å². The van der Waals surface area contributed by atoms with Crippen molar-refractivity contribution in [1.82, 2.24) is 10.2 Å². The highest BCUT2D eigenvalue weighted by molar-refractivity contribution is 5.67. The summed E-state index contributed by atoms with van der Waals surface area (Å²) in [4.78, 5) is 24.6. The number of nitrogens with zero attached hydrogens (tertiary/aromatic N) is 1. The van der Waals surface area contributed by atoms with Crippen LogP contribution in [0.3, 0.4) is 0 Å². The summed E-state index contributed by atoms with van der Waals surface area (Å²) in [5, 5.41) is 2.67. The van der Waals surface area contributed by atoms with E-state index in [-0.39, 0.29) is 18.7 Å². The van der Waals surface area contributed by atoms with Crippen LogP contribution in [0.1, 0.15) is 82.1 Å². The number of amides is 2. The fourth-order valence-corrected chi connectivity index (χ4v) is 2.51. The summed E-state index contributed by atoms with van der Waals surface area (Å²) in [6.07, 6.45) is -0.0125. The summed E-state index contributed by atoms with van der Waals surface area (Å²) in [7, 11) is 1.71. The minimum atomic E-state index is -0.469. The monoisotopic (exact) mass is 508 g/mol. The second-order valence-electron chi connectivity index (χ2n) is 9.59. The summed E-state index contributed by atoms with van der Waals surface area (Å²) in [6.45, 7) is 22.1. The molecule has 0 aliphatic rings. The fraction of sp³-hybridized carbons (Fsp3) is 0.920. The van der Waals surface area contributed by atoms with E-state index in [0.29, 0.717) is 52.4 Å². The minimum absolute atomic E-state index is 0.259. The SMILES string of the molecule is CCOC(CCN(C)C(=O)OC(C)(C)C)OCC.CCOC(CCNC(=O)OC(C)(C)C)OCC. The van der Waals surface area contributed by atoms with E-state index >= 15 is 0 Å². The molecule has 0 radical (unpaired) electrons. The number of nitrogens with one attached hydrogen (secondary N) is 1. The predicted molar refractivity (Wildman–Crippen MR) is 136 cm³/mol. The molecule has 0 saturated carbocycles. The Balaban J connectivity index is 0. The van der Waals surface area contributed by atoms with Gasteiger partial charge in [-0.3, -0.25) is 0 Å². The van der Waals surface area contributed by atoms with Gasteiger partial charge in [0, 0.05) is 59.4 Å². The summed E-state index contributed by atoms with van der Waals surface area (Å²) < 4.78 is 31.9. The van der Waals surface area contributed by atoms with Gasteiger partial charge < -0.3 is 38.6 Å². The van der Waals surface area contributed by atoms with Gasteiger partial charge in [-0.2, -0.15) is 0 Å². The lowest BCUT2D eigenvalue weighted by atomic mass is 10.2. The molecule has 0 unspecified atom stereocenters. The molecule has 0 fully saturated rings. The molecule has 0 heterocycles. The number of carbonyl (C=O) groups is 2. The van der Waals surface area contributed by atoms with Gasteiger partial charge in [-0.25, -0.2) is 9.59 Å². The maximum absolute atomic E-state index is 11.7. The third-order valence-electron chi connectivity index (χ3n) is 3.86. The summed E-state index contributed by atoms with van der Waals surface area (Å²) in [6, 6.07) is 0. The zero-order chi connectivity index (χ0) is 27.5. The Bertz CT molecular complexity index is 535. The fourth-order valence-electron chi connectivity index (χ4n) is 2.51. The van der Waals surface area contributed by atoms with Gasteiger partial charge in [-0.1, -0.05) is 0 Å². The normalized spacial score (nSPS) is 11.7. The number of rotatable bonds is 14. The van der Waals surface area contributed by atoms with E-state index in [2.05, 4.69) is 5.32 Å². The molecule has 0 rings (SSSR count). The molecule has 0 aromatic rings. The summed E-state index contributed by atoms with van der Waals surface area (Å²) in [5.74, 6) is 0. The van der Waals surface area contributed by atoms with E-state index < -0.39 is 17.3 Å². The molecule has 0 aliphatic carbocycles. The number of carbonyl (C=O) groups excluding carboxylic acids is 2. The lowest BCUT2D eigenvalue weighted by Crippen LogP contribution is -2.36. The third kappa shape index (κ3) is 23.9. The molecule has 0 bridgehead atoms. The Morgan fingerprint density at radius 1 is 0.714 bits per heavy atom. The molecule has 0 atom stereocenters. The maximum atomic E-state index is 11.7. The van der Waals surface area contributed by atoms with E-state index in [0.717, 1.165) is 0 Å². The van der Waals surface area contributed by atoms with Crippen molar-refractivity contribution in [3.05, 3.63) is 0 Å². The van der Waals surface area contributed by atoms with Crippen LogP contribution in [0.2, 0.25) is 0 Å². The predicted octanol–water partition coefficient (Wildman–Crippen LogP) is 4.94. The standard InChI is InChI=1S/C13H27NO4.C12H25NO4/c1-7-16-11(17-8-2)9-10-14(6)12(15)18-13(3,4)5;1-6-15-10(16-7-2)8-9-13-11(14)17-12(3,4)5/h11H,7-10H2,1-6H3;10H,6-9H2,1-5H3,(H,13,14). The number of ether oxygens (including phenoxy) is 6. The Hall–Kier alpha value is -1.62. The smallest absolute Gasteiger partial charge is 0.410 e. The van der Waals surface area contributed by atoms with Gasteiger partial charge in [0.1, 0.15) is 11.2 Å². The number of alkyl carbamates (subject to hydrolysis) is 1. The molecule has 0 aromatic heterocycles. The first-order valence-corrected chi connectivity index (χ1v) is 12.6. The lowest BCUT2D eigenvalue weighted by molar-refractivity contribution is -0.141. The zero-order valence-electron chi connectivity index (χ0n) is 24.0. The third-order valence-corrected chi connectivity index (χ3v) is 3.86. The van der Waals surface area contributed by atoms with Gasteiger partial charge in [-0.05, 0) is 69.2 Å². The van der Waals surface area contributed by atoms with Crippen LogP contribution in [0.15, 0.2) is 0 Å². The van der Waals surface area contributed by atoms with Crippen molar-refractivity contribution >= 4 is 12.2 Å². The average Bonchev–Trinajstić information content (AvgIpc) is 2.70. The van der Waals surface area contributed by atoms with E-state index in [9.17, 15) is 9.59 Å². The number of hydrogen-bond acceptors (Lipinski definition) is 8. The quantitative estimate of drug-likeness (QED) is 0.329. The minimum Gasteiger partial charge on any atom is -0.444 e. The van der Waals surface area contributed by atoms with Crippen molar-refractivity contribution in [2.45, 2.75) is 106 Å². The Morgan fingerprint density at radius 2 is 1.11 bits per heavy atom. The van der Waals surface area contributed by atoms with Crippen LogP contribution in [-0.4, -0.2) is 87.4 Å². The molecule has 0 spiro atoms. The van der Waals surface area contributed by atoms with Gasteiger partial charge in [-0.15, -0.1) is 0 Å². The van der Waals surface area contributed by atoms with Crippen molar-refractivity contribution < 1.29 is 38.0 Å². The van der Waals surface area contributed by atoms with Crippen LogP contribution in [-0.2, 0) is 28.4 Å². The van der Waals surface area contributed by atoms with Crippen LogP contribution in [0, 0.1) is 0 Å². The number of hydrogen-bond donors (Lipinski definition) is 1. The first-order chi connectivity index (χ1) is 16.2. The molecular weight excluding hydrogens is 456 g/mol. The van der Waals surface area contributed by atoms with E-state index in [1.807, 2.05) is 69.2 Å². The van der Waals surface area contributed by atoms with Crippen LogP contribution < -0.4 is 5.32 Å². The Morgan fingerprint density at radius 3 is 1.49 bits per heavy atom. The highest BCUT2D eigenvalue weighted by atomic mass is 16.7. The highest BCUT2D eigenvalue weighted by Gasteiger charge is 2.20. The van der Waals surface area contributed by atoms with Crippen molar-refractivity contribution in [2.75, 3.05) is 46.6 Å². The van der Waals surface area contributed by atoms with E-state index in [4.69, 9.17) is 28.4 Å². The largest absolute Gasteiger partial charge is 0.444 e. The molecule has 1 N–H and O–H groups in total. The van der Waals surface area contributed by atoms with Crippen LogP contribution in [0.5, 0.6) is 0 Å². The first-order valence-electron chi connectivity index (χ1n) is 12.6. The van der Waals surface area contributed by atoms with Gasteiger partial charge in [0.15, 0.2) is 12.6 Å². The van der Waals surface area contributed by atoms with Crippen LogP contribution >= 0.6 is 0 Å². The molecule has 0 aromatic carbocycles. The highest BCUT2D eigenvalue weighted by Crippen LogP contribution is 2.10. The second-order valence-corrected chi connectivity index (χ2v) is 9.59. The van der Waals surface area contributed by atoms with Crippen molar-refractivity contribution in [1.29, 1.82) is 0 Å². The van der Waals surface area contributed by atoms with E-state index in [1.165, 1.54) is 4.90 Å². The summed E-state index contributed by atoms with van der Waals surface area (Å²) >= 11 is 0. The maximum Gasteiger partial charge on any atom is 0.410 e. The Kier molecular flexibility index (Phi) is 19.9. The summed E-state index contributed by atoms with van der Waals surface area (Å²) in [5.41, 5.74) is -0.937. The molecule has 35 heavy (non-hydrogen) atoms. The van der Waals surface area contributed by atoms with Gasteiger partial charge in [0.05, 0.1) is 0 Å². The molecule has 2 amide bonds. The molecule has 210 valence electrons. The van der Waals surface area contributed by atoms with Crippen LogP contribution in [0.25, 0.3) is 0 Å². The average molecular weight is 509 g/mol. The molecule has 10 nitrogen and oxygen atoms in total. The zero-order valence-corrected chi connectivity index (χ0v) is 24.0. The topological polar surface area (TPSA) is 105 Å². The lowest BCUT2D eigenvalue weighted by Gasteiger charge is -2.26. The first kappa shape index (κ1) is 35.5. The van der Waals surface area contributed by atoms with Crippen molar-refractivity contribution in [2.24, 2.45) is 0 Å².